The van der Waals surface area contributed by atoms with E-state index in [0.717, 1.165) is 0 Å². The Morgan fingerprint density at radius 1 is 1.00 bits per heavy atom. The van der Waals surface area contributed by atoms with E-state index in [9.17, 15) is 14.2 Å². The van der Waals surface area contributed by atoms with Gasteiger partial charge in [0, 0.05) is 5.57 Å². The molecule has 27 heavy (non-hydrogen) atoms. The first-order valence-corrected chi connectivity index (χ1v) is 9.87. The van der Waals surface area contributed by atoms with Crippen molar-refractivity contribution in [2.45, 2.75) is 13.3 Å². The molecule has 0 spiro atoms. The van der Waals surface area contributed by atoms with E-state index in [-0.39, 0.29) is 12.0 Å². The summed E-state index contributed by atoms with van der Waals surface area (Å²) in [4.78, 5) is 24.4. The van der Waals surface area contributed by atoms with Crippen molar-refractivity contribution >= 4 is 29.9 Å². The third kappa shape index (κ3) is 5.28. The first kappa shape index (κ1) is 20.4. The van der Waals surface area contributed by atoms with E-state index in [1.165, 1.54) is 13.2 Å². The molecule has 0 aliphatic carbocycles. The van der Waals surface area contributed by atoms with E-state index in [0.29, 0.717) is 16.2 Å². The van der Waals surface area contributed by atoms with E-state index in [4.69, 9.17) is 4.52 Å². The summed E-state index contributed by atoms with van der Waals surface area (Å²) in [5, 5.41) is 0.793. The number of carbonyl (C=O) groups is 2. The zero-order chi connectivity index (χ0) is 19.9. The van der Waals surface area contributed by atoms with Gasteiger partial charge in [0.2, 0.25) is 0 Å². The Bertz CT molecular complexity index is 857. The van der Waals surface area contributed by atoms with E-state index >= 15 is 0 Å². The van der Waals surface area contributed by atoms with Crippen LogP contribution >= 0.6 is 7.37 Å². The van der Waals surface area contributed by atoms with Crippen molar-refractivity contribution in [2.24, 2.45) is 0 Å². The van der Waals surface area contributed by atoms with Crippen molar-refractivity contribution in [3.05, 3.63) is 84.5 Å². The highest BCUT2D eigenvalue weighted by molar-refractivity contribution is 7.74. The molecule has 0 N–H and O–H groups in total. The van der Waals surface area contributed by atoms with Gasteiger partial charge in [0.15, 0.2) is 0 Å². The minimum Gasteiger partial charge on any atom is -0.466 e. The zero-order valence-corrected chi connectivity index (χ0v) is 16.1. The molecule has 0 atom stereocenters. The van der Waals surface area contributed by atoms with Crippen molar-refractivity contribution in [1.29, 1.82) is 0 Å². The summed E-state index contributed by atoms with van der Waals surface area (Å²) in [6, 6.07) is 17.0. The summed E-state index contributed by atoms with van der Waals surface area (Å²) in [6.45, 7) is 5.39. The predicted octanol–water partition coefficient (Wildman–Crippen LogP) is 3.52. The molecule has 0 saturated carbocycles. The third-order valence-electron chi connectivity index (χ3n) is 3.63. The smallest absolute Gasteiger partial charge is 0.334 e. The number of hydrogen-bond donors (Lipinski definition) is 0. The van der Waals surface area contributed by atoms with E-state index in [1.807, 2.05) is 0 Å². The molecule has 2 rings (SSSR count). The molecule has 0 aromatic heterocycles. The van der Waals surface area contributed by atoms with Crippen LogP contribution in [0.1, 0.15) is 13.3 Å². The molecule has 0 bridgehead atoms. The quantitative estimate of drug-likeness (QED) is 0.316. The van der Waals surface area contributed by atoms with Gasteiger partial charge in [-0.3, -0.25) is 9.36 Å². The van der Waals surface area contributed by atoms with Gasteiger partial charge in [-0.25, -0.2) is 4.79 Å². The molecule has 0 radical (unpaired) electrons. The molecule has 0 saturated heterocycles. The highest BCUT2D eigenvalue weighted by Crippen LogP contribution is 2.45. The Labute approximate surface area is 158 Å². The molecule has 0 amide bonds. The molecule has 0 unspecified atom stereocenters. The number of ether oxygens (including phenoxy) is 1. The first-order valence-electron chi connectivity index (χ1n) is 8.25. The van der Waals surface area contributed by atoms with Gasteiger partial charge in [-0.15, -0.1) is 0 Å². The lowest BCUT2D eigenvalue weighted by Crippen LogP contribution is -2.21. The Kier molecular flexibility index (Phi) is 6.91. The monoisotopic (exact) mass is 384 g/mol. The lowest BCUT2D eigenvalue weighted by Gasteiger charge is -2.19. The van der Waals surface area contributed by atoms with Gasteiger partial charge >= 0.3 is 19.3 Å². The number of methoxy groups -OCH3 is 1. The maximum atomic E-state index is 13.7. The molecule has 5 nitrogen and oxygen atoms in total. The molecular formula is C21H21O5P. The second-order valence-electron chi connectivity index (χ2n) is 5.87. The van der Waals surface area contributed by atoms with Crippen LogP contribution in [0.15, 0.2) is 84.5 Å². The molecule has 6 heteroatoms. The number of benzene rings is 2. The van der Waals surface area contributed by atoms with Crippen LogP contribution in [0.5, 0.6) is 0 Å². The number of hydrogen-bond acceptors (Lipinski definition) is 5. The van der Waals surface area contributed by atoms with E-state index < -0.39 is 19.3 Å². The molecular weight excluding hydrogens is 363 g/mol. The normalized spacial score (nSPS) is 11.6. The number of carbonyl (C=O) groups excluding carboxylic acids is 2. The summed E-state index contributed by atoms with van der Waals surface area (Å²) in [7, 11) is -2.44. The van der Waals surface area contributed by atoms with Crippen LogP contribution in [0.3, 0.4) is 0 Å². The Morgan fingerprint density at radius 3 is 1.89 bits per heavy atom. The van der Waals surface area contributed by atoms with Crippen molar-refractivity contribution in [3.8, 4) is 0 Å². The number of rotatable bonds is 7. The van der Waals surface area contributed by atoms with Crippen molar-refractivity contribution in [2.75, 3.05) is 7.11 Å². The van der Waals surface area contributed by atoms with Gasteiger partial charge in [-0.1, -0.05) is 48.6 Å². The highest BCUT2D eigenvalue weighted by Gasteiger charge is 2.32. The minimum atomic E-state index is -3.66. The third-order valence-corrected chi connectivity index (χ3v) is 6.04. The van der Waals surface area contributed by atoms with Gasteiger partial charge in [-0.05, 0) is 37.3 Å². The van der Waals surface area contributed by atoms with Crippen LogP contribution in [0.25, 0.3) is 0 Å². The van der Waals surface area contributed by atoms with Crippen LogP contribution in [0.4, 0.5) is 0 Å². The van der Waals surface area contributed by atoms with Crippen LogP contribution in [-0.4, -0.2) is 19.0 Å². The van der Waals surface area contributed by atoms with Gasteiger partial charge in [0.05, 0.1) is 24.1 Å². The van der Waals surface area contributed by atoms with Crippen molar-refractivity contribution < 1.29 is 23.4 Å². The average molecular weight is 384 g/mol. The Hall–Kier alpha value is -2.91. The summed E-state index contributed by atoms with van der Waals surface area (Å²) in [5.41, 5.74) is 0.667. The SMILES string of the molecule is C=C(C)/C=C(\CC(=O)OP(=O)(c1ccccc1)c1ccccc1)C(=O)OC. The van der Waals surface area contributed by atoms with Crippen molar-refractivity contribution in [3.63, 3.8) is 0 Å². The molecule has 0 heterocycles. The largest absolute Gasteiger partial charge is 0.466 e. The van der Waals surface area contributed by atoms with Gasteiger partial charge < -0.3 is 9.26 Å². The highest BCUT2D eigenvalue weighted by atomic mass is 31.2. The van der Waals surface area contributed by atoms with E-state index in [2.05, 4.69) is 11.3 Å². The zero-order valence-electron chi connectivity index (χ0n) is 15.3. The second kappa shape index (κ2) is 9.15. The van der Waals surface area contributed by atoms with Crippen LogP contribution < -0.4 is 10.6 Å². The molecule has 0 aliphatic heterocycles. The molecule has 140 valence electrons. The maximum Gasteiger partial charge on any atom is 0.334 e. The first-order chi connectivity index (χ1) is 12.9. The standard InChI is InChI=1S/C21H21O5P/c1-16(2)14-17(21(23)25-3)15-20(22)26-27(24,18-10-6-4-7-11-18)19-12-8-5-9-13-19/h4-14H,1,15H2,2-3H3/b17-14+. The fourth-order valence-corrected chi connectivity index (χ4v) is 4.43. The van der Waals surface area contributed by atoms with Crippen LogP contribution in [0, 0.1) is 0 Å². The molecule has 0 aliphatic rings. The Balaban J connectivity index is 2.36. The summed E-state index contributed by atoms with van der Waals surface area (Å²) in [5.74, 6) is -1.45. The summed E-state index contributed by atoms with van der Waals surface area (Å²) < 4.78 is 23.8. The summed E-state index contributed by atoms with van der Waals surface area (Å²) in [6.07, 6.45) is 1.08. The van der Waals surface area contributed by atoms with Gasteiger partial charge in [0.25, 0.3) is 0 Å². The van der Waals surface area contributed by atoms with Gasteiger partial charge in [-0.2, -0.15) is 0 Å². The number of allylic oxidation sites excluding steroid dienone is 2. The molecule has 2 aromatic rings. The van der Waals surface area contributed by atoms with Crippen LogP contribution in [0.2, 0.25) is 0 Å². The van der Waals surface area contributed by atoms with E-state index in [1.54, 1.807) is 67.6 Å². The Morgan fingerprint density at radius 2 is 1.48 bits per heavy atom. The van der Waals surface area contributed by atoms with Gasteiger partial charge in [0.1, 0.15) is 0 Å². The maximum absolute atomic E-state index is 13.7. The van der Waals surface area contributed by atoms with Crippen LogP contribution in [-0.2, 0) is 23.4 Å². The average Bonchev–Trinajstić information content (AvgIpc) is 2.67. The van der Waals surface area contributed by atoms with Crippen molar-refractivity contribution in [1.82, 2.24) is 0 Å². The topological polar surface area (TPSA) is 69.7 Å². The molecule has 2 aromatic carbocycles. The fourth-order valence-electron chi connectivity index (χ4n) is 2.44. The summed E-state index contributed by atoms with van der Waals surface area (Å²) >= 11 is 0. The minimum absolute atomic E-state index is 0.0858. The lowest BCUT2D eigenvalue weighted by atomic mass is 10.1. The second-order valence-corrected chi connectivity index (χ2v) is 8.19. The number of esters is 1. The lowest BCUT2D eigenvalue weighted by molar-refractivity contribution is -0.139. The predicted molar refractivity (Wildman–Crippen MR) is 105 cm³/mol. The molecule has 0 fully saturated rings. The fraction of sp³-hybridized carbons (Fsp3) is 0.143.